The Morgan fingerprint density at radius 2 is 2.00 bits per heavy atom. The van der Waals surface area contributed by atoms with Crippen LogP contribution < -0.4 is 15.4 Å². The Morgan fingerprint density at radius 3 is 2.74 bits per heavy atom. The third-order valence-corrected chi connectivity index (χ3v) is 3.49. The maximum atomic E-state index is 12.2. The number of halogens is 1. The zero-order valence-corrected chi connectivity index (χ0v) is 14.1. The minimum atomic E-state index is -0.620. The predicted octanol–water partition coefficient (Wildman–Crippen LogP) is 3.86. The number of rotatable bonds is 7. The summed E-state index contributed by atoms with van der Waals surface area (Å²) in [5.74, 6) is 0.367. The van der Waals surface area contributed by atoms with Crippen molar-refractivity contribution in [3.8, 4) is 5.75 Å². The van der Waals surface area contributed by atoms with Crippen molar-refractivity contribution < 1.29 is 9.53 Å². The van der Waals surface area contributed by atoms with E-state index in [0.29, 0.717) is 10.8 Å². The van der Waals surface area contributed by atoms with Crippen molar-refractivity contribution in [1.29, 1.82) is 0 Å². The van der Waals surface area contributed by atoms with Gasteiger partial charge in [-0.1, -0.05) is 36.7 Å². The summed E-state index contributed by atoms with van der Waals surface area (Å²) in [6.45, 7) is 5.44. The topological polar surface area (TPSA) is 50.4 Å². The Kier molecular flexibility index (Phi) is 6.44. The molecule has 0 radical (unpaired) electrons. The lowest BCUT2D eigenvalue weighted by atomic mass is 10.2. The molecule has 0 saturated heterocycles. The van der Waals surface area contributed by atoms with Gasteiger partial charge in [0.25, 0.3) is 5.91 Å². The lowest BCUT2D eigenvalue weighted by Crippen LogP contribution is -2.30. The number of amides is 1. The minimum absolute atomic E-state index is 0.203. The van der Waals surface area contributed by atoms with E-state index in [9.17, 15) is 4.79 Å². The van der Waals surface area contributed by atoms with Crippen molar-refractivity contribution in [1.82, 2.24) is 5.32 Å². The summed E-state index contributed by atoms with van der Waals surface area (Å²) in [4.78, 5) is 12.2. The zero-order chi connectivity index (χ0) is 16.7. The highest BCUT2D eigenvalue weighted by atomic mass is 35.5. The molecule has 0 aliphatic carbocycles. The van der Waals surface area contributed by atoms with Crippen molar-refractivity contribution in [2.45, 2.75) is 26.5 Å². The van der Waals surface area contributed by atoms with E-state index in [1.807, 2.05) is 24.3 Å². The van der Waals surface area contributed by atoms with Crippen LogP contribution in [0.3, 0.4) is 0 Å². The molecule has 1 unspecified atom stereocenters. The molecule has 23 heavy (non-hydrogen) atoms. The van der Waals surface area contributed by atoms with Gasteiger partial charge in [-0.3, -0.25) is 4.79 Å². The van der Waals surface area contributed by atoms with Crippen LogP contribution in [0.5, 0.6) is 5.75 Å². The standard InChI is InChI=1S/C18H21ClN2O2/c1-3-20-12-14-6-4-8-16(10-14)21-18(22)13(2)23-17-9-5-7-15(19)11-17/h4-11,13,20H,3,12H2,1-2H3,(H,21,22). The number of ether oxygens (including phenoxy) is 1. The van der Waals surface area contributed by atoms with Gasteiger partial charge in [-0.05, 0) is 49.4 Å². The number of anilines is 1. The molecular weight excluding hydrogens is 312 g/mol. The second-order valence-corrected chi connectivity index (χ2v) is 5.62. The van der Waals surface area contributed by atoms with Gasteiger partial charge in [-0.2, -0.15) is 0 Å². The third kappa shape index (κ3) is 5.58. The third-order valence-electron chi connectivity index (χ3n) is 3.25. The van der Waals surface area contributed by atoms with E-state index in [4.69, 9.17) is 16.3 Å². The summed E-state index contributed by atoms with van der Waals surface area (Å²) < 4.78 is 5.62. The molecule has 5 heteroatoms. The van der Waals surface area contributed by atoms with Crippen LogP contribution in [0.25, 0.3) is 0 Å². The van der Waals surface area contributed by atoms with Crippen LogP contribution >= 0.6 is 11.6 Å². The first kappa shape index (κ1) is 17.3. The van der Waals surface area contributed by atoms with Gasteiger partial charge >= 0.3 is 0 Å². The van der Waals surface area contributed by atoms with Crippen LogP contribution in [-0.2, 0) is 11.3 Å². The Balaban J connectivity index is 1.95. The van der Waals surface area contributed by atoms with Gasteiger partial charge in [0.15, 0.2) is 6.10 Å². The molecule has 2 aromatic carbocycles. The Morgan fingerprint density at radius 1 is 1.22 bits per heavy atom. The first-order valence-electron chi connectivity index (χ1n) is 7.61. The Labute approximate surface area is 141 Å². The molecule has 0 spiro atoms. The molecular formula is C18H21ClN2O2. The fourth-order valence-corrected chi connectivity index (χ4v) is 2.25. The monoisotopic (exact) mass is 332 g/mol. The summed E-state index contributed by atoms with van der Waals surface area (Å²) in [5.41, 5.74) is 1.88. The average Bonchev–Trinajstić information content (AvgIpc) is 2.53. The van der Waals surface area contributed by atoms with Crippen LogP contribution in [0.2, 0.25) is 5.02 Å². The van der Waals surface area contributed by atoms with Crippen molar-refractivity contribution in [3.63, 3.8) is 0 Å². The quantitative estimate of drug-likeness (QED) is 0.809. The van der Waals surface area contributed by atoms with Crippen LogP contribution in [0.15, 0.2) is 48.5 Å². The van der Waals surface area contributed by atoms with Gasteiger partial charge in [0, 0.05) is 17.3 Å². The van der Waals surface area contributed by atoms with Crippen LogP contribution in [-0.4, -0.2) is 18.6 Å². The van der Waals surface area contributed by atoms with Crippen molar-refractivity contribution in [2.24, 2.45) is 0 Å². The van der Waals surface area contributed by atoms with E-state index in [-0.39, 0.29) is 5.91 Å². The largest absolute Gasteiger partial charge is 0.481 e. The lowest BCUT2D eigenvalue weighted by Gasteiger charge is -2.15. The molecule has 0 heterocycles. The summed E-state index contributed by atoms with van der Waals surface area (Å²) in [5, 5.41) is 6.70. The molecule has 1 atom stereocenters. The second kappa shape index (κ2) is 8.56. The Hall–Kier alpha value is -2.04. The van der Waals surface area contributed by atoms with Crippen molar-refractivity contribution in [2.75, 3.05) is 11.9 Å². The Bertz CT molecular complexity index is 661. The van der Waals surface area contributed by atoms with E-state index in [1.54, 1.807) is 31.2 Å². The van der Waals surface area contributed by atoms with Gasteiger partial charge in [-0.15, -0.1) is 0 Å². The number of benzene rings is 2. The highest BCUT2D eigenvalue weighted by Gasteiger charge is 2.15. The van der Waals surface area contributed by atoms with Crippen LogP contribution in [0.1, 0.15) is 19.4 Å². The summed E-state index contributed by atoms with van der Waals surface area (Å²) in [6.07, 6.45) is -0.620. The average molecular weight is 333 g/mol. The predicted molar refractivity (Wildman–Crippen MR) is 94.0 cm³/mol. The zero-order valence-electron chi connectivity index (χ0n) is 13.3. The van der Waals surface area contributed by atoms with Gasteiger partial charge in [0.2, 0.25) is 0 Å². The summed E-state index contributed by atoms with van der Waals surface area (Å²) >= 11 is 5.91. The second-order valence-electron chi connectivity index (χ2n) is 5.19. The number of carbonyl (C=O) groups is 1. The van der Waals surface area contributed by atoms with Crippen molar-refractivity contribution in [3.05, 3.63) is 59.1 Å². The maximum absolute atomic E-state index is 12.2. The molecule has 0 saturated carbocycles. The highest BCUT2D eigenvalue weighted by molar-refractivity contribution is 6.30. The number of hydrogen-bond acceptors (Lipinski definition) is 3. The number of hydrogen-bond donors (Lipinski definition) is 2. The lowest BCUT2D eigenvalue weighted by molar-refractivity contribution is -0.122. The minimum Gasteiger partial charge on any atom is -0.481 e. The van der Waals surface area contributed by atoms with Gasteiger partial charge < -0.3 is 15.4 Å². The normalized spacial score (nSPS) is 11.8. The molecule has 0 aliphatic heterocycles. The maximum Gasteiger partial charge on any atom is 0.265 e. The van der Waals surface area contributed by atoms with Gasteiger partial charge in [0.05, 0.1) is 0 Å². The van der Waals surface area contributed by atoms with Crippen LogP contribution in [0.4, 0.5) is 5.69 Å². The fourth-order valence-electron chi connectivity index (χ4n) is 2.07. The van der Waals surface area contributed by atoms with Gasteiger partial charge in [-0.25, -0.2) is 0 Å². The molecule has 0 aliphatic rings. The molecule has 0 fully saturated rings. The summed E-state index contributed by atoms with van der Waals surface area (Å²) in [7, 11) is 0. The number of carbonyl (C=O) groups excluding carboxylic acids is 1. The van der Waals surface area contributed by atoms with E-state index in [1.165, 1.54) is 0 Å². The SMILES string of the molecule is CCNCc1cccc(NC(=O)C(C)Oc2cccc(Cl)c2)c1. The molecule has 4 nitrogen and oxygen atoms in total. The molecule has 2 rings (SSSR count). The van der Waals surface area contributed by atoms with E-state index in [2.05, 4.69) is 17.6 Å². The first-order valence-corrected chi connectivity index (χ1v) is 7.99. The van der Waals surface area contributed by atoms with Gasteiger partial charge in [0.1, 0.15) is 5.75 Å². The van der Waals surface area contributed by atoms with Crippen molar-refractivity contribution >= 4 is 23.2 Å². The molecule has 0 bridgehead atoms. The molecule has 2 aromatic rings. The fraction of sp³-hybridized carbons (Fsp3) is 0.278. The highest BCUT2D eigenvalue weighted by Crippen LogP contribution is 2.19. The van der Waals surface area contributed by atoms with E-state index < -0.39 is 6.10 Å². The van der Waals surface area contributed by atoms with Crippen LogP contribution in [0, 0.1) is 0 Å². The summed E-state index contributed by atoms with van der Waals surface area (Å²) in [6, 6.07) is 14.7. The molecule has 2 N–H and O–H groups in total. The molecule has 0 aromatic heterocycles. The first-order chi connectivity index (χ1) is 11.1. The van der Waals surface area contributed by atoms with E-state index in [0.717, 1.165) is 24.3 Å². The molecule has 122 valence electrons. The number of nitrogens with one attached hydrogen (secondary N) is 2. The smallest absolute Gasteiger partial charge is 0.265 e. The van der Waals surface area contributed by atoms with E-state index >= 15 is 0 Å². The molecule has 1 amide bonds.